The van der Waals surface area contributed by atoms with Crippen LogP contribution >= 0.6 is 0 Å². The Morgan fingerprint density at radius 1 is 1.55 bits per heavy atom. The van der Waals surface area contributed by atoms with Crippen molar-refractivity contribution in [3.05, 3.63) is 23.9 Å². The number of aromatic nitrogens is 1. The molecule has 0 fully saturated rings. The van der Waals surface area contributed by atoms with Gasteiger partial charge in [0.15, 0.2) is 0 Å². The maximum absolute atomic E-state index is 5.40. The van der Waals surface area contributed by atoms with Crippen molar-refractivity contribution in [3.63, 3.8) is 0 Å². The molecule has 0 amide bonds. The minimum absolute atomic E-state index is 0.160. The fraction of sp³-hybridized carbons (Fsp3) is 0.125. The molecule has 0 bridgehead atoms. The molecule has 1 heterocycles. The van der Waals surface area contributed by atoms with Crippen LogP contribution in [0.5, 0.6) is 0 Å². The van der Waals surface area contributed by atoms with Crippen molar-refractivity contribution >= 4 is 15.3 Å². The van der Waals surface area contributed by atoms with E-state index in [4.69, 9.17) is 5.73 Å². The van der Waals surface area contributed by atoms with Gasteiger partial charge in [-0.1, -0.05) is 12.5 Å². The summed E-state index contributed by atoms with van der Waals surface area (Å²) in [5.41, 5.74) is 9.45. The molecule has 2 nitrogen and oxygen atoms in total. The number of nitrogens with two attached hydrogens (primary N) is 1. The van der Waals surface area contributed by atoms with Crippen molar-refractivity contribution in [2.24, 2.45) is 0 Å². The standard InChI is InChI=1S/C8H10N2Si/c1-11-5-4-7-2-3-8(9)10-6-7/h2-3,6H,11H2,1H3,(H2,9,10). The van der Waals surface area contributed by atoms with Crippen LogP contribution in [-0.4, -0.2) is 14.5 Å². The van der Waals surface area contributed by atoms with E-state index in [1.807, 2.05) is 6.07 Å². The largest absolute Gasteiger partial charge is 0.384 e. The first kappa shape index (κ1) is 7.83. The average Bonchev–Trinajstić information content (AvgIpc) is 2.04. The van der Waals surface area contributed by atoms with E-state index < -0.39 is 0 Å². The lowest BCUT2D eigenvalue weighted by molar-refractivity contribution is 1.32. The summed E-state index contributed by atoms with van der Waals surface area (Å²) in [6.07, 6.45) is 1.70. The lowest BCUT2D eigenvalue weighted by atomic mass is 10.3. The molecule has 56 valence electrons. The zero-order valence-corrected chi connectivity index (χ0v) is 7.88. The highest BCUT2D eigenvalue weighted by Crippen LogP contribution is 1.98. The van der Waals surface area contributed by atoms with Crippen LogP contribution in [0.4, 0.5) is 5.82 Å². The molecule has 0 saturated heterocycles. The number of nitrogens with zero attached hydrogens (tertiary/aromatic N) is 1. The van der Waals surface area contributed by atoms with E-state index in [1.54, 1.807) is 12.3 Å². The summed E-state index contributed by atoms with van der Waals surface area (Å²) < 4.78 is 0. The summed E-state index contributed by atoms with van der Waals surface area (Å²) in [5, 5.41) is 0. The Morgan fingerprint density at radius 3 is 2.91 bits per heavy atom. The van der Waals surface area contributed by atoms with Gasteiger partial charge in [-0.15, -0.1) is 5.54 Å². The van der Waals surface area contributed by atoms with Crippen LogP contribution in [0, 0.1) is 11.5 Å². The van der Waals surface area contributed by atoms with Crippen molar-refractivity contribution < 1.29 is 0 Å². The zero-order chi connectivity index (χ0) is 8.10. The third-order valence-electron chi connectivity index (χ3n) is 1.20. The smallest absolute Gasteiger partial charge is 0.123 e. The predicted octanol–water partition coefficient (Wildman–Crippen LogP) is 0.190. The van der Waals surface area contributed by atoms with Gasteiger partial charge in [0.05, 0.1) is 0 Å². The second-order valence-electron chi connectivity index (χ2n) is 2.13. The van der Waals surface area contributed by atoms with Gasteiger partial charge >= 0.3 is 0 Å². The Balaban J connectivity index is 2.82. The van der Waals surface area contributed by atoms with Crippen molar-refractivity contribution in [2.45, 2.75) is 6.55 Å². The van der Waals surface area contributed by atoms with Crippen molar-refractivity contribution in [1.82, 2.24) is 4.98 Å². The Kier molecular flexibility index (Phi) is 2.70. The lowest BCUT2D eigenvalue weighted by Gasteiger charge is -1.90. The van der Waals surface area contributed by atoms with Gasteiger partial charge in [-0.2, -0.15) is 0 Å². The number of rotatable bonds is 0. The van der Waals surface area contributed by atoms with Gasteiger partial charge in [-0.05, 0) is 12.1 Å². The van der Waals surface area contributed by atoms with E-state index in [-0.39, 0.29) is 9.52 Å². The molecular formula is C8H10N2Si. The maximum atomic E-state index is 5.40. The molecule has 0 aliphatic carbocycles. The van der Waals surface area contributed by atoms with Crippen LogP contribution in [0.2, 0.25) is 6.55 Å². The van der Waals surface area contributed by atoms with E-state index in [9.17, 15) is 0 Å². The summed E-state index contributed by atoms with van der Waals surface area (Å²) in [4.78, 5) is 3.92. The predicted molar refractivity (Wildman–Crippen MR) is 49.9 cm³/mol. The van der Waals surface area contributed by atoms with Crippen LogP contribution in [0.1, 0.15) is 5.56 Å². The summed E-state index contributed by atoms with van der Waals surface area (Å²) in [7, 11) is -0.160. The maximum Gasteiger partial charge on any atom is 0.123 e. The second kappa shape index (κ2) is 3.79. The van der Waals surface area contributed by atoms with Gasteiger partial charge < -0.3 is 5.73 Å². The number of hydrogen-bond acceptors (Lipinski definition) is 2. The SMILES string of the molecule is C[SiH2]C#Cc1ccc(N)nc1. The molecular weight excluding hydrogens is 152 g/mol. The van der Waals surface area contributed by atoms with Gasteiger partial charge in [-0.25, -0.2) is 4.98 Å². The van der Waals surface area contributed by atoms with E-state index in [0.717, 1.165) is 5.56 Å². The van der Waals surface area contributed by atoms with Crippen molar-refractivity contribution in [3.8, 4) is 11.5 Å². The normalized spacial score (nSPS) is 9.55. The minimum Gasteiger partial charge on any atom is -0.384 e. The fourth-order valence-electron chi connectivity index (χ4n) is 0.670. The molecule has 3 heteroatoms. The molecule has 0 aliphatic rings. The second-order valence-corrected chi connectivity index (χ2v) is 3.19. The number of nitrogen functional groups attached to an aromatic ring is 1. The van der Waals surface area contributed by atoms with Crippen LogP contribution in [0.25, 0.3) is 0 Å². The molecule has 1 rings (SSSR count). The number of pyridine rings is 1. The molecule has 1 aromatic heterocycles. The van der Waals surface area contributed by atoms with Crippen LogP contribution in [-0.2, 0) is 0 Å². The zero-order valence-electron chi connectivity index (χ0n) is 6.46. The first-order valence-electron chi connectivity index (χ1n) is 3.53. The summed E-state index contributed by atoms with van der Waals surface area (Å²) in [5.74, 6) is 3.56. The van der Waals surface area contributed by atoms with Crippen LogP contribution in [0.3, 0.4) is 0 Å². The Morgan fingerprint density at radius 2 is 2.36 bits per heavy atom. The minimum atomic E-state index is -0.160. The third-order valence-corrected chi connectivity index (χ3v) is 1.73. The molecule has 0 spiro atoms. The van der Waals surface area contributed by atoms with Gasteiger partial charge in [-0.3, -0.25) is 0 Å². The first-order valence-corrected chi connectivity index (χ1v) is 5.65. The van der Waals surface area contributed by atoms with Crippen LogP contribution < -0.4 is 5.73 Å². The summed E-state index contributed by atoms with van der Waals surface area (Å²) in [6, 6.07) is 3.65. The third kappa shape index (κ3) is 2.44. The quantitative estimate of drug-likeness (QED) is 0.437. The fourth-order valence-corrected chi connectivity index (χ4v) is 1.05. The number of anilines is 1. The highest BCUT2D eigenvalue weighted by atomic mass is 28.2. The van der Waals surface area contributed by atoms with Crippen LogP contribution in [0.15, 0.2) is 18.3 Å². The van der Waals surface area contributed by atoms with E-state index in [1.165, 1.54) is 0 Å². The Hall–Kier alpha value is -1.27. The highest BCUT2D eigenvalue weighted by Gasteiger charge is 1.85. The first-order chi connectivity index (χ1) is 5.33. The molecule has 2 N–H and O–H groups in total. The molecule has 0 aliphatic heterocycles. The van der Waals surface area contributed by atoms with E-state index >= 15 is 0 Å². The molecule has 0 radical (unpaired) electrons. The topological polar surface area (TPSA) is 38.9 Å². The lowest BCUT2D eigenvalue weighted by Crippen LogP contribution is -1.88. The monoisotopic (exact) mass is 162 g/mol. The van der Waals surface area contributed by atoms with E-state index in [0.29, 0.717) is 5.82 Å². The molecule has 0 saturated carbocycles. The van der Waals surface area contributed by atoms with E-state index in [2.05, 4.69) is 23.0 Å². The molecule has 1 aromatic rings. The molecule has 11 heavy (non-hydrogen) atoms. The Bertz CT molecular complexity index is 281. The summed E-state index contributed by atoms with van der Waals surface area (Å²) >= 11 is 0. The summed E-state index contributed by atoms with van der Waals surface area (Å²) in [6.45, 7) is 2.15. The van der Waals surface area contributed by atoms with Gasteiger partial charge in [0, 0.05) is 11.8 Å². The van der Waals surface area contributed by atoms with Gasteiger partial charge in [0.1, 0.15) is 15.3 Å². The van der Waals surface area contributed by atoms with Crippen molar-refractivity contribution in [2.75, 3.05) is 5.73 Å². The highest BCUT2D eigenvalue weighted by molar-refractivity contribution is 6.44. The average molecular weight is 162 g/mol. The molecule has 0 atom stereocenters. The molecule has 0 unspecified atom stereocenters. The van der Waals surface area contributed by atoms with Crippen molar-refractivity contribution in [1.29, 1.82) is 0 Å². The Labute approximate surface area is 68.7 Å². The van der Waals surface area contributed by atoms with Gasteiger partial charge in [0.2, 0.25) is 0 Å². The van der Waals surface area contributed by atoms with Gasteiger partial charge in [0.25, 0.3) is 0 Å². The number of hydrogen-bond donors (Lipinski definition) is 1. The molecule has 0 aromatic carbocycles.